The smallest absolute Gasteiger partial charge is 0.250 e. The highest BCUT2D eigenvalue weighted by atomic mass is 79.9. The third kappa shape index (κ3) is 2.60. The number of imide groups is 1. The Morgan fingerprint density at radius 3 is 2.71 bits per heavy atom. The lowest BCUT2D eigenvalue weighted by Crippen LogP contribution is -2.54. The van der Waals surface area contributed by atoms with Crippen molar-refractivity contribution >= 4 is 51.1 Å². The molecule has 2 saturated heterocycles. The van der Waals surface area contributed by atoms with E-state index in [0.29, 0.717) is 12.1 Å². The van der Waals surface area contributed by atoms with Gasteiger partial charge in [0.05, 0.1) is 11.8 Å². The molecule has 4 rings (SSSR count). The van der Waals surface area contributed by atoms with Crippen LogP contribution in [0.4, 0.5) is 5.69 Å². The predicted octanol–water partition coefficient (Wildman–Crippen LogP) is 2.72. The highest BCUT2D eigenvalue weighted by Gasteiger charge is 2.70. The summed E-state index contributed by atoms with van der Waals surface area (Å²) >= 11 is 5.18. The van der Waals surface area contributed by atoms with Gasteiger partial charge in [0.2, 0.25) is 17.7 Å². The van der Waals surface area contributed by atoms with Crippen LogP contribution in [0.1, 0.15) is 32.3 Å². The van der Waals surface area contributed by atoms with E-state index in [4.69, 9.17) is 0 Å². The van der Waals surface area contributed by atoms with Gasteiger partial charge in [-0.15, -0.1) is 0 Å². The minimum Gasteiger partial charge on any atom is -0.324 e. The van der Waals surface area contributed by atoms with Crippen molar-refractivity contribution in [2.24, 2.45) is 11.8 Å². The lowest BCUT2D eigenvalue weighted by molar-refractivity contribution is -0.145. The number of anilines is 1. The van der Waals surface area contributed by atoms with Crippen molar-refractivity contribution in [3.63, 3.8) is 0 Å². The maximum atomic E-state index is 13.5. The second-order valence-corrected chi connectivity index (χ2v) is 9.69. The Hall–Kier alpha value is -1.38. The molecule has 8 heteroatoms. The van der Waals surface area contributed by atoms with Crippen LogP contribution in [0.25, 0.3) is 0 Å². The monoisotopic (exact) mass is 465 g/mol. The van der Waals surface area contributed by atoms with Crippen molar-refractivity contribution in [3.8, 4) is 0 Å². The molecule has 0 unspecified atom stereocenters. The van der Waals surface area contributed by atoms with Gasteiger partial charge in [-0.2, -0.15) is 11.8 Å². The number of hydrogen-bond acceptors (Lipinski definition) is 5. The summed E-state index contributed by atoms with van der Waals surface area (Å²) in [6.07, 6.45) is 3.44. The molecule has 0 aromatic heterocycles. The van der Waals surface area contributed by atoms with E-state index in [2.05, 4.69) is 26.6 Å². The van der Waals surface area contributed by atoms with Crippen LogP contribution in [0.2, 0.25) is 0 Å². The molecule has 3 aliphatic rings. The first-order valence-electron chi connectivity index (χ1n) is 9.61. The number of fused-ring (bicyclic) bond motifs is 4. The van der Waals surface area contributed by atoms with Crippen LogP contribution < -0.4 is 10.6 Å². The number of nitrogens with zero attached hydrogens (tertiary/aromatic N) is 1. The van der Waals surface area contributed by atoms with Crippen LogP contribution in [-0.4, -0.2) is 46.7 Å². The molecule has 6 nitrogen and oxygen atoms in total. The third-order valence-corrected chi connectivity index (χ3v) is 7.51. The van der Waals surface area contributed by atoms with E-state index in [1.165, 1.54) is 4.90 Å². The molecule has 5 atom stereocenters. The molecular formula is C20H24BrN3O3S. The van der Waals surface area contributed by atoms with Gasteiger partial charge in [0.15, 0.2) is 0 Å². The summed E-state index contributed by atoms with van der Waals surface area (Å²) in [4.78, 5) is 41.5. The van der Waals surface area contributed by atoms with Crippen LogP contribution in [0.5, 0.6) is 0 Å². The summed E-state index contributed by atoms with van der Waals surface area (Å²) in [6, 6.07) is 5.21. The number of carbonyl (C=O) groups is 3. The SMILES string of the molecule is CC[C@@H](C)N1C(=O)[C@H]2[C@@H](C1=O)[C@@]1(N[C@@H]2CCSC)C(=O)Nc2ccc(Br)cc21. The van der Waals surface area contributed by atoms with Crippen LogP contribution in [0.15, 0.2) is 22.7 Å². The fourth-order valence-corrected chi connectivity index (χ4v) is 5.76. The Balaban J connectivity index is 1.86. The number of nitrogens with one attached hydrogen (secondary N) is 2. The van der Waals surface area contributed by atoms with E-state index in [1.54, 1.807) is 11.8 Å². The van der Waals surface area contributed by atoms with Crippen LogP contribution >= 0.6 is 27.7 Å². The first-order chi connectivity index (χ1) is 13.4. The fraction of sp³-hybridized carbons (Fsp3) is 0.550. The molecule has 1 spiro atoms. The predicted molar refractivity (Wildman–Crippen MR) is 113 cm³/mol. The molecule has 0 radical (unpaired) electrons. The second-order valence-electron chi connectivity index (χ2n) is 7.79. The van der Waals surface area contributed by atoms with E-state index in [-0.39, 0.29) is 29.8 Å². The lowest BCUT2D eigenvalue weighted by atomic mass is 9.76. The first-order valence-corrected chi connectivity index (χ1v) is 11.8. The van der Waals surface area contributed by atoms with E-state index < -0.39 is 17.4 Å². The van der Waals surface area contributed by atoms with E-state index >= 15 is 0 Å². The van der Waals surface area contributed by atoms with Gasteiger partial charge in [0, 0.05) is 27.8 Å². The third-order valence-electron chi connectivity index (χ3n) is 6.38. The molecule has 1 aromatic carbocycles. The van der Waals surface area contributed by atoms with Gasteiger partial charge in [-0.1, -0.05) is 22.9 Å². The van der Waals surface area contributed by atoms with Gasteiger partial charge in [0.25, 0.3) is 0 Å². The largest absolute Gasteiger partial charge is 0.324 e. The van der Waals surface area contributed by atoms with Crippen molar-refractivity contribution in [1.29, 1.82) is 0 Å². The van der Waals surface area contributed by atoms with Gasteiger partial charge in [-0.05, 0) is 50.0 Å². The van der Waals surface area contributed by atoms with Crippen LogP contribution in [0, 0.1) is 11.8 Å². The molecular weight excluding hydrogens is 442 g/mol. The van der Waals surface area contributed by atoms with Crippen molar-refractivity contribution in [2.45, 2.75) is 44.3 Å². The highest BCUT2D eigenvalue weighted by Crippen LogP contribution is 2.54. The summed E-state index contributed by atoms with van der Waals surface area (Å²) in [6.45, 7) is 3.86. The average molecular weight is 466 g/mol. The Kier molecular flexibility index (Phi) is 5.08. The molecule has 3 aliphatic heterocycles. The molecule has 28 heavy (non-hydrogen) atoms. The van der Waals surface area contributed by atoms with Crippen LogP contribution in [-0.2, 0) is 19.9 Å². The second kappa shape index (κ2) is 7.15. The summed E-state index contributed by atoms with van der Waals surface area (Å²) in [5.41, 5.74) is 0.259. The molecule has 0 bridgehead atoms. The van der Waals surface area contributed by atoms with Crippen molar-refractivity contribution in [2.75, 3.05) is 17.3 Å². The topological polar surface area (TPSA) is 78.5 Å². The maximum Gasteiger partial charge on any atom is 0.250 e. The molecule has 2 N–H and O–H groups in total. The summed E-state index contributed by atoms with van der Waals surface area (Å²) in [5.74, 6) is -0.980. The highest BCUT2D eigenvalue weighted by molar-refractivity contribution is 9.10. The number of rotatable bonds is 5. The number of halogens is 1. The summed E-state index contributed by atoms with van der Waals surface area (Å²) < 4.78 is 0.837. The van der Waals surface area contributed by atoms with E-state index in [9.17, 15) is 14.4 Å². The summed E-state index contributed by atoms with van der Waals surface area (Å²) in [5, 5.41) is 6.39. The van der Waals surface area contributed by atoms with Gasteiger partial charge in [-0.25, -0.2) is 0 Å². The minimum absolute atomic E-state index is 0.143. The van der Waals surface area contributed by atoms with Crippen LogP contribution in [0.3, 0.4) is 0 Å². The lowest BCUT2D eigenvalue weighted by Gasteiger charge is -2.31. The zero-order chi connectivity index (χ0) is 20.2. The zero-order valence-corrected chi connectivity index (χ0v) is 18.5. The Labute approximate surface area is 177 Å². The van der Waals surface area contributed by atoms with E-state index in [1.807, 2.05) is 38.3 Å². The van der Waals surface area contributed by atoms with Crippen molar-refractivity contribution in [1.82, 2.24) is 10.2 Å². The van der Waals surface area contributed by atoms with Gasteiger partial charge < -0.3 is 5.32 Å². The quantitative estimate of drug-likeness (QED) is 0.653. The number of hydrogen-bond donors (Lipinski definition) is 2. The Bertz CT molecular complexity index is 863. The fourth-order valence-electron chi connectivity index (χ4n) is 4.91. The van der Waals surface area contributed by atoms with E-state index in [0.717, 1.165) is 22.2 Å². The molecule has 150 valence electrons. The Morgan fingerprint density at radius 1 is 1.29 bits per heavy atom. The minimum atomic E-state index is -1.19. The van der Waals surface area contributed by atoms with Gasteiger partial charge in [0.1, 0.15) is 5.54 Å². The molecule has 0 saturated carbocycles. The Morgan fingerprint density at radius 2 is 2.04 bits per heavy atom. The molecule has 1 aromatic rings. The maximum absolute atomic E-state index is 13.5. The summed E-state index contributed by atoms with van der Waals surface area (Å²) in [7, 11) is 0. The number of amides is 3. The zero-order valence-electron chi connectivity index (χ0n) is 16.1. The molecule has 0 aliphatic carbocycles. The normalized spacial score (nSPS) is 32.1. The molecule has 3 amide bonds. The number of benzene rings is 1. The number of likely N-dealkylation sites (tertiary alicyclic amines) is 1. The molecule has 3 heterocycles. The van der Waals surface area contributed by atoms with Gasteiger partial charge >= 0.3 is 0 Å². The van der Waals surface area contributed by atoms with Crippen molar-refractivity contribution < 1.29 is 14.4 Å². The average Bonchev–Trinajstić information content (AvgIpc) is 3.25. The van der Waals surface area contributed by atoms with Gasteiger partial charge in [-0.3, -0.25) is 24.6 Å². The first kappa shape index (κ1) is 19.9. The molecule has 2 fully saturated rings. The number of carbonyl (C=O) groups excluding carboxylic acids is 3. The van der Waals surface area contributed by atoms with Crippen molar-refractivity contribution in [3.05, 3.63) is 28.2 Å². The number of thioether (sulfide) groups is 1. The standard InChI is InChI=1S/C20H24BrN3O3S/c1-4-10(2)24-17(25)15-14(7-8-28-3)23-20(16(15)18(24)26)12-9-11(21)5-6-13(12)22-19(20)27/h5-6,9-10,14-16,23H,4,7-8H2,1-3H3,(H,22,27)/t10-,14-,15-,16+,20-/m1/s1.